The van der Waals surface area contributed by atoms with E-state index in [1.54, 1.807) is 11.8 Å². The van der Waals surface area contributed by atoms with E-state index in [4.69, 9.17) is 9.47 Å². The minimum absolute atomic E-state index is 0.137. The second-order valence-corrected chi connectivity index (χ2v) is 6.29. The van der Waals surface area contributed by atoms with Crippen molar-refractivity contribution in [2.75, 3.05) is 13.2 Å². The molecule has 0 N–H and O–H groups in total. The number of carbonyl (C=O) groups is 2. The summed E-state index contributed by atoms with van der Waals surface area (Å²) in [6.07, 6.45) is 0.585. The van der Waals surface area contributed by atoms with Gasteiger partial charge in [0.1, 0.15) is 6.61 Å². The Labute approximate surface area is 141 Å². The average Bonchev–Trinajstić information content (AvgIpc) is 3.19. The molecule has 0 radical (unpaired) electrons. The number of nitrogens with zero attached hydrogens (tertiary/aromatic N) is 2. The van der Waals surface area contributed by atoms with Crippen LogP contribution in [0.4, 0.5) is 4.79 Å². The molecule has 3 atom stereocenters. The quantitative estimate of drug-likeness (QED) is 0.793. The van der Waals surface area contributed by atoms with Crippen molar-refractivity contribution < 1.29 is 19.1 Å². The van der Waals surface area contributed by atoms with Crippen LogP contribution in [0.3, 0.4) is 0 Å². The van der Waals surface area contributed by atoms with Gasteiger partial charge >= 0.3 is 12.1 Å². The number of nitriles is 1. The van der Waals surface area contributed by atoms with E-state index < -0.39 is 11.4 Å². The highest BCUT2D eigenvalue weighted by Crippen LogP contribution is 2.51. The third kappa shape index (κ3) is 2.71. The number of likely N-dealkylation sites (tertiary alicyclic amines) is 1. The Morgan fingerprint density at radius 3 is 2.67 bits per heavy atom. The molecule has 6 heteroatoms. The van der Waals surface area contributed by atoms with Crippen molar-refractivity contribution in [1.82, 2.24) is 4.90 Å². The van der Waals surface area contributed by atoms with E-state index in [9.17, 15) is 14.9 Å². The number of ether oxygens (including phenoxy) is 2. The molecular formula is C18H20N2O4. The Bertz CT molecular complexity index is 669. The van der Waals surface area contributed by atoms with Gasteiger partial charge in [0.25, 0.3) is 0 Å². The average molecular weight is 328 g/mol. The van der Waals surface area contributed by atoms with Gasteiger partial charge in [-0.2, -0.15) is 5.26 Å². The predicted octanol–water partition coefficient (Wildman–Crippen LogP) is 2.49. The summed E-state index contributed by atoms with van der Waals surface area (Å²) in [7, 11) is 0. The van der Waals surface area contributed by atoms with E-state index in [1.807, 2.05) is 30.3 Å². The van der Waals surface area contributed by atoms with Gasteiger partial charge in [0.2, 0.25) is 0 Å². The third-order valence-electron chi connectivity index (χ3n) is 4.95. The molecule has 1 aliphatic heterocycles. The Kier molecular flexibility index (Phi) is 4.43. The molecule has 126 valence electrons. The van der Waals surface area contributed by atoms with Gasteiger partial charge in [0, 0.05) is 18.5 Å². The maximum absolute atomic E-state index is 12.3. The summed E-state index contributed by atoms with van der Waals surface area (Å²) in [6, 6.07) is 11.5. The summed E-state index contributed by atoms with van der Waals surface area (Å²) in [5.74, 6) is -0.645. The maximum Gasteiger partial charge on any atom is 0.410 e. The zero-order valence-corrected chi connectivity index (χ0v) is 13.6. The highest BCUT2D eigenvalue weighted by molar-refractivity contribution is 5.82. The molecule has 1 heterocycles. The van der Waals surface area contributed by atoms with Crippen molar-refractivity contribution in [3.05, 3.63) is 35.9 Å². The lowest BCUT2D eigenvalue weighted by Gasteiger charge is -2.34. The smallest absolute Gasteiger partial charge is 0.410 e. The predicted molar refractivity (Wildman–Crippen MR) is 84.5 cm³/mol. The highest BCUT2D eigenvalue weighted by atomic mass is 16.6. The molecule has 0 spiro atoms. The van der Waals surface area contributed by atoms with Gasteiger partial charge in [-0.3, -0.25) is 4.79 Å². The molecule has 1 amide bonds. The molecule has 3 unspecified atom stereocenters. The number of rotatable bonds is 4. The largest absolute Gasteiger partial charge is 0.465 e. The molecule has 6 nitrogen and oxygen atoms in total. The van der Waals surface area contributed by atoms with Crippen molar-refractivity contribution >= 4 is 12.1 Å². The van der Waals surface area contributed by atoms with Crippen LogP contribution in [0, 0.1) is 22.7 Å². The Balaban J connectivity index is 1.61. The minimum Gasteiger partial charge on any atom is -0.465 e. The number of piperidine rings is 1. The number of esters is 1. The van der Waals surface area contributed by atoms with E-state index >= 15 is 0 Å². The van der Waals surface area contributed by atoms with Crippen LogP contribution in [0.25, 0.3) is 0 Å². The monoisotopic (exact) mass is 328 g/mol. The minimum atomic E-state index is -1.11. The van der Waals surface area contributed by atoms with Crippen LogP contribution in [-0.2, 0) is 20.9 Å². The van der Waals surface area contributed by atoms with Crippen molar-refractivity contribution in [2.24, 2.45) is 11.3 Å². The van der Waals surface area contributed by atoms with Gasteiger partial charge in [-0.15, -0.1) is 0 Å². The number of carbonyl (C=O) groups excluding carboxylic acids is 2. The standard InChI is InChI=1S/C18H20N2O4/c1-2-23-16(21)18(12-19)9-15-8-14(18)10-20(15)17(22)24-11-13-6-4-3-5-7-13/h3-7,14-15H,2,8-11H2,1H3. The highest BCUT2D eigenvalue weighted by Gasteiger charge is 2.61. The Morgan fingerprint density at radius 1 is 1.33 bits per heavy atom. The Morgan fingerprint density at radius 2 is 2.08 bits per heavy atom. The molecule has 1 aromatic carbocycles. The molecule has 1 saturated carbocycles. The topological polar surface area (TPSA) is 79.6 Å². The van der Waals surface area contributed by atoms with Crippen LogP contribution in [0.15, 0.2) is 30.3 Å². The summed E-state index contributed by atoms with van der Waals surface area (Å²) in [5.41, 5.74) is -0.190. The lowest BCUT2D eigenvalue weighted by Crippen LogP contribution is -2.47. The fourth-order valence-corrected chi connectivity index (χ4v) is 3.72. The van der Waals surface area contributed by atoms with Crippen molar-refractivity contribution in [1.29, 1.82) is 5.26 Å². The molecule has 3 rings (SSSR count). The lowest BCUT2D eigenvalue weighted by molar-refractivity contribution is -0.155. The van der Waals surface area contributed by atoms with E-state index in [0.29, 0.717) is 19.4 Å². The van der Waals surface area contributed by atoms with Gasteiger partial charge in [-0.25, -0.2) is 4.79 Å². The molecule has 1 aliphatic carbocycles. The second-order valence-electron chi connectivity index (χ2n) is 6.29. The number of hydrogen-bond donors (Lipinski definition) is 0. The zero-order chi connectivity index (χ0) is 17.2. The van der Waals surface area contributed by atoms with Gasteiger partial charge in [-0.1, -0.05) is 30.3 Å². The van der Waals surface area contributed by atoms with E-state index in [2.05, 4.69) is 6.07 Å². The fourth-order valence-electron chi connectivity index (χ4n) is 3.72. The van der Waals surface area contributed by atoms with Crippen LogP contribution < -0.4 is 0 Å². The molecule has 1 saturated heterocycles. The van der Waals surface area contributed by atoms with Crippen molar-refractivity contribution in [3.8, 4) is 6.07 Å². The molecule has 1 aromatic rings. The van der Waals surface area contributed by atoms with E-state index in [-0.39, 0.29) is 31.3 Å². The molecule has 2 aliphatic rings. The fraction of sp³-hybridized carbons (Fsp3) is 0.500. The zero-order valence-electron chi connectivity index (χ0n) is 13.6. The van der Waals surface area contributed by atoms with Crippen LogP contribution in [0.1, 0.15) is 25.3 Å². The number of amides is 1. The normalized spacial score (nSPS) is 27.6. The molecule has 24 heavy (non-hydrogen) atoms. The summed E-state index contributed by atoms with van der Waals surface area (Å²) >= 11 is 0. The first-order chi connectivity index (χ1) is 11.6. The van der Waals surface area contributed by atoms with Crippen LogP contribution in [0.5, 0.6) is 0 Å². The van der Waals surface area contributed by atoms with Gasteiger partial charge < -0.3 is 14.4 Å². The molecular weight excluding hydrogens is 308 g/mol. The second kappa shape index (κ2) is 6.52. The van der Waals surface area contributed by atoms with E-state index in [0.717, 1.165) is 5.56 Å². The number of fused-ring (bicyclic) bond motifs is 2. The Hall–Kier alpha value is -2.55. The molecule has 2 fully saturated rings. The summed E-state index contributed by atoms with van der Waals surface area (Å²) in [6.45, 7) is 2.56. The number of hydrogen-bond acceptors (Lipinski definition) is 5. The number of benzene rings is 1. The van der Waals surface area contributed by atoms with Gasteiger partial charge in [-0.05, 0) is 25.3 Å². The molecule has 2 bridgehead atoms. The van der Waals surface area contributed by atoms with Crippen molar-refractivity contribution in [2.45, 2.75) is 32.4 Å². The first-order valence-electron chi connectivity index (χ1n) is 8.16. The molecule has 0 aromatic heterocycles. The van der Waals surface area contributed by atoms with Crippen LogP contribution in [-0.4, -0.2) is 36.2 Å². The summed E-state index contributed by atoms with van der Waals surface area (Å²) in [4.78, 5) is 26.1. The van der Waals surface area contributed by atoms with E-state index in [1.165, 1.54) is 0 Å². The van der Waals surface area contributed by atoms with Crippen LogP contribution in [0.2, 0.25) is 0 Å². The third-order valence-corrected chi connectivity index (χ3v) is 4.95. The summed E-state index contributed by atoms with van der Waals surface area (Å²) < 4.78 is 10.4. The lowest BCUT2D eigenvalue weighted by atomic mass is 9.77. The first kappa shape index (κ1) is 16.3. The van der Waals surface area contributed by atoms with Crippen LogP contribution >= 0.6 is 0 Å². The van der Waals surface area contributed by atoms with Crippen molar-refractivity contribution in [3.63, 3.8) is 0 Å². The summed E-state index contributed by atoms with van der Waals surface area (Å²) in [5, 5.41) is 9.53. The maximum atomic E-state index is 12.3. The van der Waals surface area contributed by atoms with Gasteiger partial charge in [0.15, 0.2) is 5.41 Å². The first-order valence-corrected chi connectivity index (χ1v) is 8.16. The van der Waals surface area contributed by atoms with Gasteiger partial charge in [0.05, 0.1) is 12.7 Å². The SMILES string of the molecule is CCOC(=O)C1(C#N)CC2CC1CN2C(=O)OCc1ccccc1.